The minimum absolute atomic E-state index is 0.208. The maximum Gasteiger partial charge on any atom is 0.281 e. The van der Waals surface area contributed by atoms with E-state index in [9.17, 15) is 9.59 Å². The molecule has 1 aliphatic heterocycles. The summed E-state index contributed by atoms with van der Waals surface area (Å²) in [7, 11) is 0. The van der Waals surface area contributed by atoms with Gasteiger partial charge in [0.15, 0.2) is 0 Å². The van der Waals surface area contributed by atoms with Gasteiger partial charge in [0.2, 0.25) is 5.78 Å². The van der Waals surface area contributed by atoms with E-state index < -0.39 is 0 Å². The Labute approximate surface area is 74.4 Å². The van der Waals surface area contributed by atoms with Crippen LogP contribution in [0.4, 0.5) is 0 Å². The second-order valence-corrected chi connectivity index (χ2v) is 2.73. The second-order valence-electron chi connectivity index (χ2n) is 2.73. The van der Waals surface area contributed by atoms with Crippen LogP contribution in [0.3, 0.4) is 0 Å². The number of hydrogen-bond acceptors (Lipinski definition) is 3. The van der Waals surface area contributed by atoms with Gasteiger partial charge in [-0.25, -0.2) is 4.99 Å². The van der Waals surface area contributed by atoms with Crippen molar-refractivity contribution in [2.75, 3.05) is 0 Å². The largest absolute Gasteiger partial charge is 0.288 e. The average molecular weight is 174 g/mol. The Bertz CT molecular complexity index is 425. The first-order valence-electron chi connectivity index (χ1n) is 3.80. The van der Waals surface area contributed by atoms with Gasteiger partial charge in [0.05, 0.1) is 5.57 Å². The number of aliphatic imine (C=N–C) groups is 2. The zero-order valence-corrected chi connectivity index (χ0v) is 6.94. The van der Waals surface area contributed by atoms with Crippen molar-refractivity contribution in [3.63, 3.8) is 0 Å². The lowest BCUT2D eigenvalue weighted by molar-refractivity contribution is -0.114. The molecule has 0 fully saturated rings. The molecule has 0 atom stereocenters. The fourth-order valence-electron chi connectivity index (χ4n) is 1.20. The van der Waals surface area contributed by atoms with Crippen molar-refractivity contribution >= 4 is 23.2 Å². The topological polar surface area (TPSA) is 58.9 Å². The third kappa shape index (κ3) is 1.16. The highest BCUT2D eigenvalue weighted by atomic mass is 16.2. The summed E-state index contributed by atoms with van der Waals surface area (Å²) in [6.45, 7) is 1.59. The predicted molar refractivity (Wildman–Crippen MR) is 47.8 cm³/mol. The Morgan fingerprint density at radius 2 is 2.00 bits per heavy atom. The van der Waals surface area contributed by atoms with E-state index in [-0.39, 0.29) is 23.0 Å². The lowest BCUT2D eigenvalue weighted by Gasteiger charge is -2.11. The first-order valence-corrected chi connectivity index (χ1v) is 3.80. The smallest absolute Gasteiger partial charge is 0.281 e. The van der Waals surface area contributed by atoms with Gasteiger partial charge < -0.3 is 0 Å². The number of amides is 1. The Balaban J connectivity index is 2.58. The van der Waals surface area contributed by atoms with Crippen molar-refractivity contribution in [3.8, 4) is 0 Å². The number of ketones is 1. The fraction of sp³-hybridized carbons (Fsp3) is 0.111. The number of nitrogens with zero attached hydrogens (tertiary/aromatic N) is 2. The molecule has 64 valence electrons. The Morgan fingerprint density at radius 3 is 2.77 bits per heavy atom. The molecule has 1 heterocycles. The summed E-state index contributed by atoms with van der Waals surface area (Å²) in [5.41, 5.74) is 0.498. The molecule has 0 aromatic carbocycles. The van der Waals surface area contributed by atoms with Gasteiger partial charge in [0.1, 0.15) is 11.5 Å². The highest BCUT2D eigenvalue weighted by Gasteiger charge is 2.25. The van der Waals surface area contributed by atoms with Gasteiger partial charge in [-0.15, -0.1) is 0 Å². The second kappa shape index (κ2) is 2.58. The number of fused-ring (bicyclic) bond motifs is 1. The monoisotopic (exact) mass is 174 g/mol. The lowest BCUT2D eigenvalue weighted by Crippen LogP contribution is -2.26. The van der Waals surface area contributed by atoms with Gasteiger partial charge in [-0.2, -0.15) is 4.99 Å². The van der Waals surface area contributed by atoms with E-state index in [1.165, 1.54) is 12.2 Å². The summed E-state index contributed by atoms with van der Waals surface area (Å²) in [6, 6.07) is 0. The number of hydrogen-bond donors (Lipinski definition) is 0. The molecule has 0 radical (unpaired) electrons. The zero-order valence-electron chi connectivity index (χ0n) is 6.94. The van der Waals surface area contributed by atoms with Crippen LogP contribution in [0.1, 0.15) is 6.92 Å². The van der Waals surface area contributed by atoms with Crippen molar-refractivity contribution in [1.82, 2.24) is 0 Å². The Kier molecular flexibility index (Phi) is 1.55. The van der Waals surface area contributed by atoms with Crippen molar-refractivity contribution in [2.24, 2.45) is 9.98 Å². The molecule has 0 bridgehead atoms. The molecule has 2 rings (SSSR count). The van der Waals surface area contributed by atoms with E-state index in [0.29, 0.717) is 5.84 Å². The molecule has 0 saturated carbocycles. The molecule has 1 aliphatic carbocycles. The van der Waals surface area contributed by atoms with Gasteiger partial charge in [-0.1, -0.05) is 6.08 Å². The molecule has 4 nitrogen and oxygen atoms in total. The molecule has 2 aliphatic rings. The van der Waals surface area contributed by atoms with Crippen LogP contribution in [0.25, 0.3) is 0 Å². The van der Waals surface area contributed by atoms with Gasteiger partial charge >= 0.3 is 0 Å². The lowest BCUT2D eigenvalue weighted by atomic mass is 10.00. The molecule has 0 aromatic heterocycles. The molecular weight excluding hydrogens is 168 g/mol. The molecule has 13 heavy (non-hydrogen) atoms. The third-order valence-electron chi connectivity index (χ3n) is 1.77. The van der Waals surface area contributed by atoms with Gasteiger partial charge in [-0.05, 0) is 19.1 Å². The molecule has 0 aromatic rings. The van der Waals surface area contributed by atoms with Gasteiger partial charge in [0.25, 0.3) is 5.91 Å². The summed E-state index contributed by atoms with van der Waals surface area (Å²) in [5.74, 6) is -0.291. The Hall–Kier alpha value is -1.84. The third-order valence-corrected chi connectivity index (χ3v) is 1.77. The SMILES string of the molecule is CC1=NC(=O)C2=CC=CC(=O)C2=N1. The Morgan fingerprint density at radius 1 is 1.23 bits per heavy atom. The molecule has 0 spiro atoms. The summed E-state index contributed by atoms with van der Waals surface area (Å²) in [5, 5.41) is 0. The van der Waals surface area contributed by atoms with Crippen LogP contribution in [0.5, 0.6) is 0 Å². The molecule has 0 unspecified atom stereocenters. The summed E-state index contributed by atoms with van der Waals surface area (Å²) >= 11 is 0. The molecule has 0 saturated heterocycles. The van der Waals surface area contributed by atoms with E-state index in [1.54, 1.807) is 13.0 Å². The van der Waals surface area contributed by atoms with Crippen molar-refractivity contribution in [1.29, 1.82) is 0 Å². The van der Waals surface area contributed by atoms with Gasteiger partial charge in [0, 0.05) is 0 Å². The first kappa shape index (κ1) is 7.79. The van der Waals surface area contributed by atoms with Crippen molar-refractivity contribution < 1.29 is 9.59 Å². The minimum Gasteiger partial charge on any atom is -0.288 e. The van der Waals surface area contributed by atoms with Gasteiger partial charge in [-0.3, -0.25) is 9.59 Å². The molecule has 1 amide bonds. The quantitative estimate of drug-likeness (QED) is 0.500. The van der Waals surface area contributed by atoms with Crippen LogP contribution in [0.2, 0.25) is 0 Å². The van der Waals surface area contributed by atoms with Crippen LogP contribution in [0, 0.1) is 0 Å². The predicted octanol–water partition coefficient (Wildman–Crippen LogP) is 0.451. The van der Waals surface area contributed by atoms with E-state index in [0.717, 1.165) is 0 Å². The van der Waals surface area contributed by atoms with Crippen LogP contribution < -0.4 is 0 Å². The van der Waals surface area contributed by atoms with Crippen LogP contribution in [0.15, 0.2) is 33.8 Å². The standard InChI is InChI=1S/C9H6N2O2/c1-5-10-8-6(9(13)11-5)3-2-4-7(8)12/h2-4H,1H3. The van der Waals surface area contributed by atoms with E-state index in [4.69, 9.17) is 0 Å². The summed E-state index contributed by atoms with van der Waals surface area (Å²) < 4.78 is 0. The highest BCUT2D eigenvalue weighted by molar-refractivity contribution is 6.57. The average Bonchev–Trinajstić information content (AvgIpc) is 2.07. The zero-order chi connectivity index (χ0) is 9.42. The normalized spacial score (nSPS) is 20.5. The fourth-order valence-corrected chi connectivity index (χ4v) is 1.20. The maximum atomic E-state index is 11.3. The van der Waals surface area contributed by atoms with Crippen molar-refractivity contribution in [2.45, 2.75) is 6.92 Å². The molecule has 4 heteroatoms. The van der Waals surface area contributed by atoms with Crippen LogP contribution in [-0.4, -0.2) is 23.2 Å². The summed E-state index contributed by atoms with van der Waals surface area (Å²) in [6.07, 6.45) is 4.47. The number of carbonyl (C=O) groups excluding carboxylic acids is 2. The van der Waals surface area contributed by atoms with E-state index >= 15 is 0 Å². The molecule has 0 N–H and O–H groups in total. The minimum atomic E-state index is -0.389. The molecular formula is C9H6N2O2. The maximum absolute atomic E-state index is 11.3. The van der Waals surface area contributed by atoms with E-state index in [2.05, 4.69) is 9.98 Å². The van der Waals surface area contributed by atoms with Crippen LogP contribution in [-0.2, 0) is 9.59 Å². The number of carbonyl (C=O) groups is 2. The summed E-state index contributed by atoms with van der Waals surface area (Å²) in [4.78, 5) is 30.1. The number of rotatable bonds is 0. The number of allylic oxidation sites excluding steroid dienone is 3. The van der Waals surface area contributed by atoms with Crippen LogP contribution >= 0.6 is 0 Å². The van der Waals surface area contributed by atoms with Crippen molar-refractivity contribution in [3.05, 3.63) is 23.8 Å². The van der Waals surface area contributed by atoms with E-state index in [1.807, 2.05) is 0 Å². The first-order chi connectivity index (χ1) is 6.18. The highest BCUT2D eigenvalue weighted by Crippen LogP contribution is 2.13. The number of amidine groups is 1.